The number of carbonyl (C=O) groups is 1. The first-order chi connectivity index (χ1) is 9.88. The maximum absolute atomic E-state index is 12.2. The molecule has 2 aromatic carbocycles. The molecule has 1 amide bonds. The number of anilines is 3. The van der Waals surface area contributed by atoms with Crippen LogP contribution < -0.4 is 16.0 Å². The molecule has 3 N–H and O–H groups in total. The first-order valence-corrected chi connectivity index (χ1v) is 7.39. The van der Waals surface area contributed by atoms with Crippen LogP contribution in [0.5, 0.6) is 0 Å². The molecule has 0 aromatic heterocycles. The predicted molar refractivity (Wildman–Crippen MR) is 92.3 cm³/mol. The lowest BCUT2D eigenvalue weighted by Gasteiger charge is -2.16. The largest absolute Gasteiger partial charge is 0.397 e. The first-order valence-electron chi connectivity index (χ1n) is 6.21. The highest BCUT2D eigenvalue weighted by molar-refractivity contribution is 9.10. The van der Waals surface area contributed by atoms with E-state index in [1.807, 2.05) is 31.1 Å². The summed E-state index contributed by atoms with van der Waals surface area (Å²) in [4.78, 5) is 14.1. The van der Waals surface area contributed by atoms with Crippen LogP contribution in [0.1, 0.15) is 10.4 Å². The Morgan fingerprint density at radius 1 is 1.24 bits per heavy atom. The monoisotopic (exact) mass is 367 g/mol. The Labute approximate surface area is 137 Å². The molecule has 0 bridgehead atoms. The number of nitrogens with one attached hydrogen (secondary N) is 1. The summed E-state index contributed by atoms with van der Waals surface area (Å²) in [5.74, 6) is -0.253. The molecule has 2 rings (SSSR count). The van der Waals surface area contributed by atoms with Gasteiger partial charge in [0.15, 0.2) is 0 Å². The summed E-state index contributed by atoms with van der Waals surface area (Å²) in [5, 5.41) is 3.24. The molecule has 110 valence electrons. The third-order valence-corrected chi connectivity index (χ3v) is 3.76. The van der Waals surface area contributed by atoms with Gasteiger partial charge < -0.3 is 16.0 Å². The maximum atomic E-state index is 12.2. The Kier molecular flexibility index (Phi) is 4.75. The number of nitrogen functional groups attached to an aromatic ring is 1. The van der Waals surface area contributed by atoms with Crippen LogP contribution in [0.3, 0.4) is 0 Å². The highest BCUT2D eigenvalue weighted by Gasteiger charge is 2.11. The lowest BCUT2D eigenvalue weighted by Crippen LogP contribution is -2.15. The van der Waals surface area contributed by atoms with Gasteiger partial charge in [-0.1, -0.05) is 27.5 Å². The number of hydrogen-bond acceptors (Lipinski definition) is 3. The van der Waals surface area contributed by atoms with Gasteiger partial charge in [-0.25, -0.2) is 0 Å². The predicted octanol–water partition coefficient (Wildman–Crippen LogP) is 4.00. The number of benzene rings is 2. The molecule has 21 heavy (non-hydrogen) atoms. The Morgan fingerprint density at radius 2 is 1.95 bits per heavy atom. The number of amides is 1. The second-order valence-electron chi connectivity index (χ2n) is 4.75. The van der Waals surface area contributed by atoms with Crippen LogP contribution in [0, 0.1) is 0 Å². The zero-order valence-electron chi connectivity index (χ0n) is 11.7. The molecule has 0 aliphatic heterocycles. The molecule has 0 atom stereocenters. The summed E-state index contributed by atoms with van der Waals surface area (Å²) in [6.45, 7) is 0. The van der Waals surface area contributed by atoms with Crippen molar-refractivity contribution in [3.8, 4) is 0 Å². The molecule has 0 spiro atoms. The van der Waals surface area contributed by atoms with Crippen LogP contribution in [0.25, 0.3) is 0 Å². The van der Waals surface area contributed by atoms with Crippen molar-refractivity contribution in [2.75, 3.05) is 30.0 Å². The average molecular weight is 369 g/mol. The van der Waals surface area contributed by atoms with E-state index in [0.717, 1.165) is 10.2 Å². The fourth-order valence-corrected chi connectivity index (χ4v) is 2.61. The van der Waals surface area contributed by atoms with Gasteiger partial charge in [0, 0.05) is 24.1 Å². The standard InChI is InChI=1S/C15H15BrClN3O/c1-20(2)14-6-3-9(7-12(14)18)15(21)19-13-5-4-10(16)8-11(13)17/h3-8H,18H2,1-2H3,(H,19,21). The van der Waals surface area contributed by atoms with Gasteiger partial charge in [0.05, 0.1) is 22.1 Å². The fourth-order valence-electron chi connectivity index (χ4n) is 1.89. The van der Waals surface area contributed by atoms with Crippen molar-refractivity contribution in [2.45, 2.75) is 0 Å². The lowest BCUT2D eigenvalue weighted by molar-refractivity contribution is 0.102. The molecule has 0 heterocycles. The number of halogens is 2. The van der Waals surface area contributed by atoms with Gasteiger partial charge in [0.25, 0.3) is 5.91 Å². The van der Waals surface area contributed by atoms with Gasteiger partial charge in [-0.2, -0.15) is 0 Å². The molecule has 0 aliphatic carbocycles. The van der Waals surface area contributed by atoms with E-state index in [2.05, 4.69) is 21.2 Å². The van der Waals surface area contributed by atoms with Gasteiger partial charge >= 0.3 is 0 Å². The summed E-state index contributed by atoms with van der Waals surface area (Å²) in [6.07, 6.45) is 0. The van der Waals surface area contributed by atoms with E-state index >= 15 is 0 Å². The molecule has 0 unspecified atom stereocenters. The molecule has 0 fully saturated rings. The molecule has 0 radical (unpaired) electrons. The van der Waals surface area contributed by atoms with E-state index in [-0.39, 0.29) is 5.91 Å². The summed E-state index contributed by atoms with van der Waals surface area (Å²) in [7, 11) is 3.79. The quantitative estimate of drug-likeness (QED) is 0.805. The van der Waals surface area contributed by atoms with Crippen LogP contribution in [0.2, 0.25) is 5.02 Å². The Hall–Kier alpha value is -1.72. The van der Waals surface area contributed by atoms with E-state index in [9.17, 15) is 4.79 Å². The lowest BCUT2D eigenvalue weighted by atomic mass is 10.1. The van der Waals surface area contributed by atoms with Crippen LogP contribution in [-0.2, 0) is 0 Å². The summed E-state index contributed by atoms with van der Waals surface area (Å²) >= 11 is 9.40. The number of nitrogens with zero attached hydrogens (tertiary/aromatic N) is 1. The normalized spacial score (nSPS) is 10.3. The van der Waals surface area contributed by atoms with E-state index in [4.69, 9.17) is 17.3 Å². The van der Waals surface area contributed by atoms with Crippen LogP contribution in [-0.4, -0.2) is 20.0 Å². The summed E-state index contributed by atoms with van der Waals surface area (Å²) < 4.78 is 0.852. The van der Waals surface area contributed by atoms with Crippen molar-refractivity contribution in [1.29, 1.82) is 0 Å². The summed E-state index contributed by atoms with van der Waals surface area (Å²) in [6, 6.07) is 10.5. The highest BCUT2D eigenvalue weighted by atomic mass is 79.9. The number of hydrogen-bond donors (Lipinski definition) is 2. The summed E-state index contributed by atoms with van der Waals surface area (Å²) in [5.41, 5.74) is 8.41. The van der Waals surface area contributed by atoms with Crippen molar-refractivity contribution in [3.05, 3.63) is 51.5 Å². The van der Waals surface area contributed by atoms with Crippen LogP contribution >= 0.6 is 27.5 Å². The van der Waals surface area contributed by atoms with Gasteiger partial charge in [-0.05, 0) is 36.4 Å². The van der Waals surface area contributed by atoms with Crippen molar-refractivity contribution >= 4 is 50.5 Å². The smallest absolute Gasteiger partial charge is 0.255 e. The minimum Gasteiger partial charge on any atom is -0.397 e. The second kappa shape index (κ2) is 6.37. The maximum Gasteiger partial charge on any atom is 0.255 e. The van der Waals surface area contributed by atoms with Crippen molar-refractivity contribution in [2.24, 2.45) is 0 Å². The van der Waals surface area contributed by atoms with Crippen molar-refractivity contribution < 1.29 is 4.79 Å². The van der Waals surface area contributed by atoms with Crippen molar-refractivity contribution in [3.63, 3.8) is 0 Å². The van der Waals surface area contributed by atoms with E-state index in [1.54, 1.807) is 24.3 Å². The minimum absolute atomic E-state index is 0.253. The van der Waals surface area contributed by atoms with E-state index in [0.29, 0.717) is 22.0 Å². The van der Waals surface area contributed by atoms with Crippen molar-refractivity contribution in [1.82, 2.24) is 0 Å². The van der Waals surface area contributed by atoms with E-state index < -0.39 is 0 Å². The first kappa shape index (κ1) is 15.7. The number of carbonyl (C=O) groups excluding carboxylic acids is 1. The molecule has 4 nitrogen and oxygen atoms in total. The number of nitrogens with two attached hydrogens (primary N) is 1. The Balaban J connectivity index is 2.22. The Morgan fingerprint density at radius 3 is 2.52 bits per heavy atom. The van der Waals surface area contributed by atoms with Crippen LogP contribution in [0.15, 0.2) is 40.9 Å². The molecule has 0 aliphatic rings. The zero-order chi connectivity index (χ0) is 15.6. The molecule has 0 saturated heterocycles. The third kappa shape index (κ3) is 3.68. The zero-order valence-corrected chi connectivity index (χ0v) is 14.0. The topological polar surface area (TPSA) is 58.4 Å². The molecular formula is C15H15BrClN3O. The average Bonchev–Trinajstić information content (AvgIpc) is 2.41. The number of rotatable bonds is 3. The van der Waals surface area contributed by atoms with Gasteiger partial charge in [-0.3, -0.25) is 4.79 Å². The van der Waals surface area contributed by atoms with Crippen LogP contribution in [0.4, 0.5) is 17.1 Å². The Bertz CT molecular complexity index is 689. The van der Waals surface area contributed by atoms with Gasteiger partial charge in [-0.15, -0.1) is 0 Å². The molecular weight excluding hydrogens is 354 g/mol. The highest BCUT2D eigenvalue weighted by Crippen LogP contribution is 2.27. The third-order valence-electron chi connectivity index (χ3n) is 2.95. The van der Waals surface area contributed by atoms with Gasteiger partial charge in [0.2, 0.25) is 0 Å². The SMILES string of the molecule is CN(C)c1ccc(C(=O)Nc2ccc(Br)cc2Cl)cc1N. The molecule has 6 heteroatoms. The second-order valence-corrected chi connectivity index (χ2v) is 6.07. The van der Waals surface area contributed by atoms with Gasteiger partial charge in [0.1, 0.15) is 0 Å². The molecule has 0 saturated carbocycles. The molecule has 2 aromatic rings. The minimum atomic E-state index is -0.253. The van der Waals surface area contributed by atoms with E-state index in [1.165, 1.54) is 0 Å². The fraction of sp³-hybridized carbons (Fsp3) is 0.133.